The number of aromatic nitrogens is 2. The molecule has 1 atom stereocenters. The van der Waals surface area contributed by atoms with Gasteiger partial charge in [0.25, 0.3) is 0 Å². The number of hydrogen-bond donors (Lipinski definition) is 1. The van der Waals surface area contributed by atoms with E-state index in [-0.39, 0.29) is 0 Å². The van der Waals surface area contributed by atoms with Crippen molar-refractivity contribution in [3.63, 3.8) is 0 Å². The van der Waals surface area contributed by atoms with Crippen molar-refractivity contribution < 1.29 is 4.42 Å². The molecule has 0 aromatic carbocycles. The van der Waals surface area contributed by atoms with Crippen LogP contribution in [0.5, 0.6) is 0 Å². The number of nitrogens with zero attached hydrogens (tertiary/aromatic N) is 3. The lowest BCUT2D eigenvalue weighted by molar-refractivity contribution is 0.313. The first kappa shape index (κ1) is 13.0. The van der Waals surface area contributed by atoms with Gasteiger partial charge in [-0.1, -0.05) is 5.10 Å². The number of likely N-dealkylation sites (N-methyl/N-ethyl adjacent to an activating group) is 1. The highest BCUT2D eigenvalue weighted by atomic mass is 32.1. The predicted molar refractivity (Wildman–Crippen MR) is 73.0 cm³/mol. The summed E-state index contributed by atoms with van der Waals surface area (Å²) in [7, 11) is 4.15. The average molecular weight is 266 g/mol. The zero-order valence-electron chi connectivity index (χ0n) is 11.1. The first-order chi connectivity index (χ1) is 8.58. The van der Waals surface area contributed by atoms with Crippen LogP contribution in [0.4, 0.5) is 6.01 Å². The second kappa shape index (κ2) is 5.49. The highest BCUT2D eigenvalue weighted by Crippen LogP contribution is 2.27. The molecule has 0 fully saturated rings. The van der Waals surface area contributed by atoms with Crippen LogP contribution in [0.2, 0.25) is 0 Å². The van der Waals surface area contributed by atoms with Gasteiger partial charge in [0, 0.05) is 18.3 Å². The van der Waals surface area contributed by atoms with Crippen LogP contribution >= 0.6 is 11.3 Å². The molecule has 2 aromatic rings. The van der Waals surface area contributed by atoms with Crippen molar-refractivity contribution >= 4 is 17.4 Å². The standard InChI is InChI=1S/C12H18N4OS/c1-8-5-6-18-11(8)10(16(3)4)7-13-12-15-14-9(2)17-12/h5-6,10H,7H2,1-4H3,(H,13,15)/t10-/m0/s1. The largest absolute Gasteiger partial charge is 0.408 e. The third kappa shape index (κ3) is 2.88. The Labute approximate surface area is 111 Å². The minimum Gasteiger partial charge on any atom is -0.408 e. The van der Waals surface area contributed by atoms with Gasteiger partial charge < -0.3 is 14.6 Å². The lowest BCUT2D eigenvalue weighted by atomic mass is 10.1. The van der Waals surface area contributed by atoms with Crippen LogP contribution in [-0.2, 0) is 0 Å². The van der Waals surface area contributed by atoms with Crippen molar-refractivity contribution in [2.45, 2.75) is 19.9 Å². The summed E-state index contributed by atoms with van der Waals surface area (Å²) in [6.45, 7) is 4.67. The van der Waals surface area contributed by atoms with Crippen molar-refractivity contribution in [2.24, 2.45) is 0 Å². The summed E-state index contributed by atoms with van der Waals surface area (Å²) in [6.07, 6.45) is 0. The second-order valence-electron chi connectivity index (χ2n) is 4.45. The molecule has 98 valence electrons. The smallest absolute Gasteiger partial charge is 0.315 e. The number of anilines is 1. The van der Waals surface area contributed by atoms with E-state index in [1.807, 2.05) is 0 Å². The number of aryl methyl sites for hydroxylation is 2. The summed E-state index contributed by atoms with van der Waals surface area (Å²) >= 11 is 1.78. The Morgan fingerprint density at radius 2 is 2.17 bits per heavy atom. The maximum Gasteiger partial charge on any atom is 0.315 e. The van der Waals surface area contributed by atoms with Gasteiger partial charge >= 0.3 is 6.01 Å². The topological polar surface area (TPSA) is 54.2 Å². The third-order valence-electron chi connectivity index (χ3n) is 2.80. The molecule has 2 heterocycles. The fourth-order valence-electron chi connectivity index (χ4n) is 1.79. The molecule has 0 radical (unpaired) electrons. The van der Waals surface area contributed by atoms with Crippen LogP contribution in [0.25, 0.3) is 0 Å². The van der Waals surface area contributed by atoms with Gasteiger partial charge in [-0.2, -0.15) is 0 Å². The predicted octanol–water partition coefficient (Wildman–Crippen LogP) is 2.46. The van der Waals surface area contributed by atoms with E-state index in [2.05, 4.69) is 52.9 Å². The lowest BCUT2D eigenvalue weighted by Gasteiger charge is -2.24. The van der Waals surface area contributed by atoms with Gasteiger partial charge in [-0.15, -0.1) is 16.4 Å². The van der Waals surface area contributed by atoms with Gasteiger partial charge in [0.1, 0.15) is 0 Å². The summed E-state index contributed by atoms with van der Waals surface area (Å²) in [5, 5.41) is 13.0. The molecule has 0 amide bonds. The minimum absolute atomic E-state index is 0.303. The van der Waals surface area contributed by atoms with Crippen LogP contribution in [0.15, 0.2) is 15.9 Å². The number of thiophene rings is 1. The Kier molecular flexibility index (Phi) is 3.98. The Bertz CT molecular complexity index is 506. The van der Waals surface area contributed by atoms with Crippen LogP contribution in [0.1, 0.15) is 22.4 Å². The second-order valence-corrected chi connectivity index (χ2v) is 5.40. The first-order valence-corrected chi connectivity index (χ1v) is 6.70. The van der Waals surface area contributed by atoms with Crippen LogP contribution in [-0.4, -0.2) is 35.7 Å². The number of nitrogens with one attached hydrogen (secondary N) is 1. The highest BCUT2D eigenvalue weighted by molar-refractivity contribution is 7.10. The van der Waals surface area contributed by atoms with Crippen LogP contribution < -0.4 is 5.32 Å². The molecule has 2 rings (SSSR count). The fraction of sp³-hybridized carbons (Fsp3) is 0.500. The van der Waals surface area contributed by atoms with E-state index in [0.29, 0.717) is 17.9 Å². The fourth-order valence-corrected chi connectivity index (χ4v) is 2.91. The Morgan fingerprint density at radius 1 is 1.39 bits per heavy atom. The Balaban J connectivity index is 2.06. The molecule has 2 aromatic heterocycles. The zero-order chi connectivity index (χ0) is 13.1. The van der Waals surface area contributed by atoms with E-state index in [1.165, 1.54) is 10.4 Å². The van der Waals surface area contributed by atoms with Crippen molar-refractivity contribution in [3.05, 3.63) is 27.8 Å². The van der Waals surface area contributed by atoms with Crippen molar-refractivity contribution in [1.29, 1.82) is 0 Å². The van der Waals surface area contributed by atoms with Crippen molar-refractivity contribution in [1.82, 2.24) is 15.1 Å². The molecule has 0 unspecified atom stereocenters. The van der Waals surface area contributed by atoms with Gasteiger partial charge in [0.05, 0.1) is 6.04 Å². The Morgan fingerprint density at radius 3 is 2.67 bits per heavy atom. The number of rotatable bonds is 5. The summed E-state index contributed by atoms with van der Waals surface area (Å²) in [6, 6.07) is 2.93. The van der Waals surface area contributed by atoms with Crippen LogP contribution in [0.3, 0.4) is 0 Å². The van der Waals surface area contributed by atoms with Gasteiger partial charge in [0.15, 0.2) is 0 Å². The summed E-state index contributed by atoms with van der Waals surface area (Å²) in [5.41, 5.74) is 1.32. The molecule has 0 aliphatic carbocycles. The monoisotopic (exact) mass is 266 g/mol. The summed E-state index contributed by atoms with van der Waals surface area (Å²) in [5.74, 6) is 0.575. The van der Waals surface area contributed by atoms with E-state index >= 15 is 0 Å². The molecular formula is C12H18N4OS. The molecule has 6 heteroatoms. The maximum atomic E-state index is 5.31. The van der Waals surface area contributed by atoms with Crippen molar-refractivity contribution in [2.75, 3.05) is 26.0 Å². The first-order valence-electron chi connectivity index (χ1n) is 5.82. The molecule has 0 aliphatic heterocycles. The molecule has 0 saturated carbocycles. The minimum atomic E-state index is 0.303. The normalized spacial score (nSPS) is 12.9. The molecule has 0 spiro atoms. The van der Waals surface area contributed by atoms with Gasteiger partial charge in [-0.25, -0.2) is 0 Å². The van der Waals surface area contributed by atoms with E-state index in [4.69, 9.17) is 4.42 Å². The van der Waals surface area contributed by atoms with E-state index < -0.39 is 0 Å². The molecule has 5 nitrogen and oxygen atoms in total. The zero-order valence-corrected chi connectivity index (χ0v) is 11.9. The van der Waals surface area contributed by atoms with Gasteiger partial charge in [0.2, 0.25) is 5.89 Å². The van der Waals surface area contributed by atoms with E-state index in [9.17, 15) is 0 Å². The molecular weight excluding hydrogens is 248 g/mol. The van der Waals surface area contributed by atoms with Crippen LogP contribution in [0, 0.1) is 13.8 Å². The maximum absolute atomic E-state index is 5.31. The summed E-state index contributed by atoms with van der Waals surface area (Å²) < 4.78 is 5.31. The third-order valence-corrected chi connectivity index (χ3v) is 3.92. The lowest BCUT2D eigenvalue weighted by Crippen LogP contribution is -2.26. The van der Waals surface area contributed by atoms with Crippen molar-refractivity contribution in [3.8, 4) is 0 Å². The molecule has 1 N–H and O–H groups in total. The molecule has 18 heavy (non-hydrogen) atoms. The van der Waals surface area contributed by atoms with E-state index in [1.54, 1.807) is 18.3 Å². The molecule has 0 bridgehead atoms. The quantitative estimate of drug-likeness (QED) is 0.901. The summed E-state index contributed by atoms with van der Waals surface area (Å²) in [4.78, 5) is 3.55. The average Bonchev–Trinajstić information content (AvgIpc) is 2.89. The van der Waals surface area contributed by atoms with Gasteiger partial charge in [-0.05, 0) is 38.0 Å². The number of hydrogen-bond acceptors (Lipinski definition) is 6. The highest BCUT2D eigenvalue weighted by Gasteiger charge is 2.18. The Hall–Kier alpha value is -1.40. The van der Waals surface area contributed by atoms with Gasteiger partial charge in [-0.3, -0.25) is 0 Å². The molecule has 0 saturated heterocycles. The SMILES string of the molecule is Cc1nnc(NC[C@@H](c2sccc2C)N(C)C)o1. The molecule has 0 aliphatic rings. The van der Waals surface area contributed by atoms with E-state index in [0.717, 1.165) is 6.54 Å².